The van der Waals surface area contributed by atoms with Gasteiger partial charge in [0.25, 0.3) is 0 Å². The second-order valence-electron chi connectivity index (χ2n) is 4.21. The van der Waals surface area contributed by atoms with Gasteiger partial charge in [-0.05, 0) is 24.1 Å². The van der Waals surface area contributed by atoms with Crippen LogP contribution >= 0.6 is 39.1 Å². The van der Waals surface area contributed by atoms with Crippen LogP contribution in [0.2, 0.25) is 10.2 Å². The van der Waals surface area contributed by atoms with E-state index in [4.69, 9.17) is 27.9 Å². The number of hydrogen-bond donors (Lipinski definition) is 0. The first-order chi connectivity index (χ1) is 8.99. The zero-order valence-corrected chi connectivity index (χ0v) is 13.4. The number of halogens is 3. The summed E-state index contributed by atoms with van der Waals surface area (Å²) < 4.78 is 6.63. The van der Waals surface area contributed by atoms with Crippen LogP contribution in [0.3, 0.4) is 0 Å². The first-order valence-corrected chi connectivity index (χ1v) is 7.17. The van der Waals surface area contributed by atoms with Gasteiger partial charge in [-0.25, -0.2) is 9.97 Å². The lowest BCUT2D eigenvalue weighted by atomic mass is 10.1. The molecule has 0 saturated carbocycles. The standard InChI is InChI=1S/C13H11BrCl2N2O/c1-7(2)11-12(16)17-6-18-13(11)19-10-4-3-8(14)5-9(10)15/h3-7H,1-2H3. The predicted molar refractivity (Wildman–Crippen MR) is 80.4 cm³/mol. The van der Waals surface area contributed by atoms with Crippen molar-refractivity contribution in [1.82, 2.24) is 9.97 Å². The minimum Gasteiger partial charge on any atom is -0.437 e. The number of nitrogens with zero attached hydrogens (tertiary/aromatic N) is 2. The summed E-state index contributed by atoms with van der Waals surface area (Å²) in [5.41, 5.74) is 0.767. The fraction of sp³-hybridized carbons (Fsp3) is 0.231. The Kier molecular flexibility index (Phi) is 4.66. The molecule has 6 heteroatoms. The number of hydrogen-bond acceptors (Lipinski definition) is 3. The average Bonchev–Trinajstić information content (AvgIpc) is 2.32. The molecule has 0 aliphatic carbocycles. The fourth-order valence-corrected chi connectivity index (χ4v) is 2.64. The molecule has 0 aliphatic rings. The van der Waals surface area contributed by atoms with Gasteiger partial charge in [0.05, 0.1) is 10.6 Å². The first kappa shape index (κ1) is 14.6. The molecule has 1 aromatic heterocycles. The van der Waals surface area contributed by atoms with Gasteiger partial charge in [0, 0.05) is 4.47 Å². The molecule has 0 spiro atoms. The summed E-state index contributed by atoms with van der Waals surface area (Å²) in [6.45, 7) is 4.00. The van der Waals surface area contributed by atoms with Gasteiger partial charge in [0.2, 0.25) is 5.88 Å². The smallest absolute Gasteiger partial charge is 0.227 e. The fourth-order valence-electron chi connectivity index (χ4n) is 1.59. The third-order valence-electron chi connectivity index (χ3n) is 2.48. The monoisotopic (exact) mass is 360 g/mol. The molecule has 0 bridgehead atoms. The molecule has 0 amide bonds. The summed E-state index contributed by atoms with van der Waals surface area (Å²) >= 11 is 15.5. The molecule has 0 N–H and O–H groups in total. The van der Waals surface area contributed by atoms with Gasteiger partial charge in [0.1, 0.15) is 17.2 Å². The molecule has 0 unspecified atom stereocenters. The van der Waals surface area contributed by atoms with E-state index in [-0.39, 0.29) is 5.92 Å². The highest BCUT2D eigenvalue weighted by Gasteiger charge is 2.16. The van der Waals surface area contributed by atoms with Crippen molar-refractivity contribution in [2.24, 2.45) is 0 Å². The Morgan fingerprint density at radius 2 is 1.95 bits per heavy atom. The highest BCUT2D eigenvalue weighted by Crippen LogP contribution is 2.36. The summed E-state index contributed by atoms with van der Waals surface area (Å²) in [4.78, 5) is 8.10. The maximum atomic E-state index is 6.12. The van der Waals surface area contributed by atoms with Crippen LogP contribution in [0.5, 0.6) is 11.6 Å². The van der Waals surface area contributed by atoms with E-state index in [2.05, 4.69) is 25.9 Å². The molecule has 1 aromatic carbocycles. The minimum absolute atomic E-state index is 0.151. The van der Waals surface area contributed by atoms with E-state index < -0.39 is 0 Å². The van der Waals surface area contributed by atoms with Crippen molar-refractivity contribution < 1.29 is 4.74 Å². The maximum absolute atomic E-state index is 6.12. The van der Waals surface area contributed by atoms with Crippen molar-refractivity contribution in [3.63, 3.8) is 0 Å². The lowest BCUT2D eigenvalue weighted by molar-refractivity contribution is 0.451. The minimum atomic E-state index is 0.151. The first-order valence-electron chi connectivity index (χ1n) is 5.62. The molecule has 100 valence electrons. The lowest BCUT2D eigenvalue weighted by Crippen LogP contribution is -1.99. The molecule has 19 heavy (non-hydrogen) atoms. The van der Waals surface area contributed by atoms with Crippen LogP contribution < -0.4 is 4.74 Å². The summed E-state index contributed by atoms with van der Waals surface area (Å²) in [7, 11) is 0. The van der Waals surface area contributed by atoms with Crippen molar-refractivity contribution in [2.75, 3.05) is 0 Å². The quantitative estimate of drug-likeness (QED) is 0.680. The van der Waals surface area contributed by atoms with Crippen molar-refractivity contribution in [1.29, 1.82) is 0 Å². The molecule has 2 aromatic rings. The number of rotatable bonds is 3. The summed E-state index contributed by atoms with van der Waals surface area (Å²) in [6, 6.07) is 5.38. The maximum Gasteiger partial charge on any atom is 0.227 e. The van der Waals surface area contributed by atoms with E-state index in [1.165, 1.54) is 6.33 Å². The number of ether oxygens (including phenoxy) is 1. The van der Waals surface area contributed by atoms with Crippen molar-refractivity contribution in [2.45, 2.75) is 19.8 Å². The second kappa shape index (κ2) is 6.07. The predicted octanol–water partition coefficient (Wildman–Crippen LogP) is 5.46. The molecule has 3 nitrogen and oxygen atoms in total. The average molecular weight is 362 g/mol. The van der Waals surface area contributed by atoms with Crippen molar-refractivity contribution >= 4 is 39.1 Å². The molecule has 0 radical (unpaired) electrons. The summed E-state index contributed by atoms with van der Waals surface area (Å²) in [5.74, 6) is 1.11. The Balaban J connectivity index is 2.41. The van der Waals surface area contributed by atoms with E-state index >= 15 is 0 Å². The van der Waals surface area contributed by atoms with E-state index in [0.29, 0.717) is 21.8 Å². The van der Waals surface area contributed by atoms with E-state index in [1.807, 2.05) is 19.9 Å². The van der Waals surface area contributed by atoms with Crippen LogP contribution in [-0.4, -0.2) is 9.97 Å². The van der Waals surface area contributed by atoms with Gasteiger partial charge in [-0.2, -0.15) is 0 Å². The normalized spacial score (nSPS) is 10.8. The molecule has 0 aliphatic heterocycles. The highest BCUT2D eigenvalue weighted by molar-refractivity contribution is 9.10. The Bertz CT molecular complexity index is 605. The van der Waals surface area contributed by atoms with E-state index in [0.717, 1.165) is 10.0 Å². The molecular formula is C13H11BrCl2N2O. The zero-order chi connectivity index (χ0) is 14.0. The van der Waals surface area contributed by atoms with Crippen LogP contribution in [-0.2, 0) is 0 Å². The molecular weight excluding hydrogens is 351 g/mol. The molecule has 2 rings (SSSR count). The van der Waals surface area contributed by atoms with Crippen LogP contribution in [0.25, 0.3) is 0 Å². The molecule has 1 heterocycles. The Hall–Kier alpha value is -0.840. The Morgan fingerprint density at radius 1 is 1.21 bits per heavy atom. The van der Waals surface area contributed by atoms with Gasteiger partial charge in [-0.15, -0.1) is 0 Å². The van der Waals surface area contributed by atoms with E-state index in [1.54, 1.807) is 12.1 Å². The Labute approximate surface area is 130 Å². The van der Waals surface area contributed by atoms with Crippen molar-refractivity contribution in [3.05, 3.63) is 44.7 Å². The van der Waals surface area contributed by atoms with Crippen LogP contribution in [0.15, 0.2) is 29.0 Å². The summed E-state index contributed by atoms with van der Waals surface area (Å²) in [6.07, 6.45) is 1.37. The Morgan fingerprint density at radius 3 is 2.58 bits per heavy atom. The number of benzene rings is 1. The van der Waals surface area contributed by atoms with Crippen LogP contribution in [0, 0.1) is 0 Å². The number of aromatic nitrogens is 2. The third kappa shape index (κ3) is 3.38. The zero-order valence-electron chi connectivity index (χ0n) is 10.3. The topological polar surface area (TPSA) is 35.0 Å². The van der Waals surface area contributed by atoms with Crippen molar-refractivity contribution in [3.8, 4) is 11.6 Å². The lowest BCUT2D eigenvalue weighted by Gasteiger charge is -2.14. The molecule has 0 saturated heterocycles. The SMILES string of the molecule is CC(C)c1c(Cl)ncnc1Oc1ccc(Br)cc1Cl. The van der Waals surface area contributed by atoms with Gasteiger partial charge >= 0.3 is 0 Å². The largest absolute Gasteiger partial charge is 0.437 e. The van der Waals surface area contributed by atoms with Gasteiger partial charge in [0.15, 0.2) is 0 Å². The van der Waals surface area contributed by atoms with Crippen LogP contribution in [0.4, 0.5) is 0 Å². The van der Waals surface area contributed by atoms with Gasteiger partial charge < -0.3 is 4.74 Å². The molecule has 0 fully saturated rings. The van der Waals surface area contributed by atoms with Crippen LogP contribution in [0.1, 0.15) is 25.3 Å². The van der Waals surface area contributed by atoms with Gasteiger partial charge in [-0.3, -0.25) is 0 Å². The second-order valence-corrected chi connectivity index (χ2v) is 5.90. The molecule has 0 atom stereocenters. The van der Waals surface area contributed by atoms with E-state index in [9.17, 15) is 0 Å². The highest BCUT2D eigenvalue weighted by atomic mass is 79.9. The summed E-state index contributed by atoms with van der Waals surface area (Å²) in [5, 5.41) is 0.895. The van der Waals surface area contributed by atoms with Gasteiger partial charge in [-0.1, -0.05) is 53.0 Å². The third-order valence-corrected chi connectivity index (χ3v) is 3.57.